The summed E-state index contributed by atoms with van der Waals surface area (Å²) < 4.78 is 5.28. The van der Waals surface area contributed by atoms with Gasteiger partial charge in [-0.25, -0.2) is 0 Å². The van der Waals surface area contributed by atoms with Crippen LogP contribution in [0.2, 0.25) is 0 Å². The molecule has 0 N–H and O–H groups in total. The van der Waals surface area contributed by atoms with Crippen molar-refractivity contribution in [2.24, 2.45) is 0 Å². The van der Waals surface area contributed by atoms with Crippen LogP contribution in [0.5, 0.6) is 0 Å². The number of rotatable bonds is 5. The average molecular weight is 921 g/mol. The summed E-state index contributed by atoms with van der Waals surface area (Å²) in [6, 6.07) is 90.6. The summed E-state index contributed by atoms with van der Waals surface area (Å²) in [7, 11) is 0. The number of benzene rings is 13. The van der Waals surface area contributed by atoms with Gasteiger partial charge >= 0.3 is 0 Å². The molecule has 0 saturated carbocycles. The minimum absolute atomic E-state index is 1.22. The van der Waals surface area contributed by atoms with E-state index < -0.39 is 0 Å². The molecule has 0 atom stereocenters. The van der Waals surface area contributed by atoms with Crippen LogP contribution in [0.15, 0.2) is 243 Å². The first-order chi connectivity index (χ1) is 34.8. The summed E-state index contributed by atoms with van der Waals surface area (Å²) in [6.07, 6.45) is 0. The Bertz CT molecular complexity index is 4500. The van der Waals surface area contributed by atoms with Gasteiger partial charge in [0, 0.05) is 56.9 Å². The molecule has 0 spiro atoms. The lowest BCUT2D eigenvalue weighted by atomic mass is 9.83. The van der Waals surface area contributed by atoms with Crippen LogP contribution in [0.4, 0.5) is 0 Å². The van der Waals surface area contributed by atoms with Crippen LogP contribution in [0, 0.1) is 0 Å². The van der Waals surface area contributed by atoms with Crippen molar-refractivity contribution in [3.05, 3.63) is 243 Å². The standard InChI is InChI=1S/C68H40S2/c1-3-19-41(20-4-1)42-35-37-44(38-36-42)61-48-25-9-13-29-52(48)64(53-30-14-10-26-49(53)61)57-40-45-39-56(63-50-27-11-7-23-46(50)60(43-21-5-2-6-22-43)47-24-8-12-28-51(47)63)67-65(54-31-15-17-33-58(54)69-67)62(45)66-55-32-16-18-34-59(55)70-68(57)66/h1-40H. The first kappa shape index (κ1) is 39.6. The van der Waals surface area contributed by atoms with E-state index >= 15 is 0 Å². The maximum atomic E-state index is 2.56. The molecular formula is C68H40S2. The van der Waals surface area contributed by atoms with Gasteiger partial charge in [-0.15, -0.1) is 22.7 Å². The van der Waals surface area contributed by atoms with Gasteiger partial charge in [0.1, 0.15) is 0 Å². The fraction of sp³-hybridized carbons (Fsp3) is 0. The fourth-order valence-electron chi connectivity index (χ4n) is 11.9. The van der Waals surface area contributed by atoms with E-state index in [4.69, 9.17) is 0 Å². The number of hydrogen-bond acceptors (Lipinski definition) is 2. The van der Waals surface area contributed by atoms with Crippen molar-refractivity contribution < 1.29 is 0 Å². The fourth-order valence-corrected chi connectivity index (χ4v) is 14.4. The minimum Gasteiger partial charge on any atom is -0.135 e. The summed E-state index contributed by atoms with van der Waals surface area (Å²) in [5.41, 5.74) is 12.6. The predicted molar refractivity (Wildman–Crippen MR) is 307 cm³/mol. The van der Waals surface area contributed by atoms with E-state index in [1.54, 1.807) is 0 Å². The van der Waals surface area contributed by atoms with E-state index in [1.165, 1.54) is 150 Å². The molecule has 0 fully saturated rings. The largest absolute Gasteiger partial charge is 0.135 e. The van der Waals surface area contributed by atoms with E-state index in [2.05, 4.69) is 243 Å². The Labute approximate surface area is 412 Å². The Kier molecular flexibility index (Phi) is 8.80. The Morgan fingerprint density at radius 3 is 0.900 bits per heavy atom. The molecule has 324 valence electrons. The zero-order chi connectivity index (χ0) is 45.9. The van der Waals surface area contributed by atoms with Crippen LogP contribution in [-0.4, -0.2) is 0 Å². The van der Waals surface area contributed by atoms with Gasteiger partial charge in [-0.3, -0.25) is 0 Å². The van der Waals surface area contributed by atoms with E-state index in [9.17, 15) is 0 Å². The Morgan fingerprint density at radius 2 is 0.500 bits per heavy atom. The van der Waals surface area contributed by atoms with Gasteiger partial charge in [0.05, 0.1) is 0 Å². The van der Waals surface area contributed by atoms with Crippen molar-refractivity contribution in [2.75, 3.05) is 0 Å². The van der Waals surface area contributed by atoms with Gasteiger partial charge in [-0.2, -0.15) is 0 Å². The highest BCUT2D eigenvalue weighted by atomic mass is 32.1. The quantitative estimate of drug-likeness (QED) is 0.151. The van der Waals surface area contributed by atoms with Crippen LogP contribution in [0.25, 0.3) is 150 Å². The molecule has 13 aromatic carbocycles. The summed E-state index contributed by atoms with van der Waals surface area (Å²) in [5.74, 6) is 0. The maximum Gasteiger partial charge on any atom is 0.0440 e. The summed E-state index contributed by atoms with van der Waals surface area (Å²) in [5, 5.41) is 18.0. The maximum absolute atomic E-state index is 2.56. The first-order valence-corrected chi connectivity index (χ1v) is 25.7. The third-order valence-electron chi connectivity index (χ3n) is 14.8. The lowest BCUT2D eigenvalue weighted by molar-refractivity contribution is 1.61. The molecule has 2 aromatic heterocycles. The second-order valence-electron chi connectivity index (χ2n) is 18.5. The summed E-state index contributed by atoms with van der Waals surface area (Å²) in [6.45, 7) is 0. The predicted octanol–water partition coefficient (Wildman–Crippen LogP) is 20.5. The molecule has 0 aliphatic rings. The molecule has 15 aromatic rings. The van der Waals surface area contributed by atoms with Gasteiger partial charge in [0.2, 0.25) is 0 Å². The summed E-state index contributed by atoms with van der Waals surface area (Å²) in [4.78, 5) is 0. The Hall–Kier alpha value is -8.40. The molecule has 0 amide bonds. The van der Waals surface area contributed by atoms with Gasteiger partial charge < -0.3 is 0 Å². The molecule has 0 radical (unpaired) electrons. The number of hydrogen-bond donors (Lipinski definition) is 0. The normalized spacial score (nSPS) is 12.0. The lowest BCUT2D eigenvalue weighted by Crippen LogP contribution is -1.93. The molecule has 0 unspecified atom stereocenters. The Morgan fingerprint density at radius 1 is 0.214 bits per heavy atom. The number of fused-ring (bicyclic) bond motifs is 13. The third kappa shape index (κ3) is 5.82. The van der Waals surface area contributed by atoms with Crippen molar-refractivity contribution in [1.82, 2.24) is 0 Å². The van der Waals surface area contributed by atoms with Crippen molar-refractivity contribution in [2.45, 2.75) is 0 Å². The van der Waals surface area contributed by atoms with Crippen LogP contribution < -0.4 is 0 Å². The molecule has 2 heteroatoms. The molecule has 0 nitrogen and oxygen atoms in total. The molecule has 0 bridgehead atoms. The van der Waals surface area contributed by atoms with Crippen molar-refractivity contribution in [3.8, 4) is 55.6 Å². The lowest BCUT2D eigenvalue weighted by Gasteiger charge is -2.20. The van der Waals surface area contributed by atoms with Crippen LogP contribution in [0.3, 0.4) is 0 Å². The van der Waals surface area contributed by atoms with E-state index in [1.807, 2.05) is 22.7 Å². The van der Waals surface area contributed by atoms with Gasteiger partial charge in [0.25, 0.3) is 0 Å². The third-order valence-corrected chi connectivity index (χ3v) is 17.2. The van der Waals surface area contributed by atoms with Gasteiger partial charge in [0.15, 0.2) is 0 Å². The molecule has 0 saturated heterocycles. The highest BCUT2D eigenvalue weighted by Gasteiger charge is 2.26. The first-order valence-electron chi connectivity index (χ1n) is 24.1. The highest BCUT2D eigenvalue weighted by molar-refractivity contribution is 7.27. The van der Waals surface area contributed by atoms with Gasteiger partial charge in [-0.1, -0.05) is 218 Å². The molecule has 2 heterocycles. The van der Waals surface area contributed by atoms with E-state index in [0.29, 0.717) is 0 Å². The monoisotopic (exact) mass is 920 g/mol. The SMILES string of the molecule is c1ccc(-c2ccc(-c3c4ccccc4c(-c4cc5cc(-c6c7ccccc7c(-c7ccccc7)c7ccccc67)c6sc7ccccc7c6c5c5c4sc4ccccc45)c4ccccc34)cc2)cc1. The smallest absolute Gasteiger partial charge is 0.0440 e. The van der Waals surface area contributed by atoms with Crippen molar-refractivity contribution in [3.63, 3.8) is 0 Å². The minimum atomic E-state index is 1.22. The van der Waals surface area contributed by atoms with Crippen molar-refractivity contribution >= 4 is 117 Å². The van der Waals surface area contributed by atoms with Crippen LogP contribution in [0.1, 0.15) is 0 Å². The number of thiophene rings is 2. The van der Waals surface area contributed by atoms with Crippen molar-refractivity contribution in [1.29, 1.82) is 0 Å². The van der Waals surface area contributed by atoms with Crippen LogP contribution in [-0.2, 0) is 0 Å². The molecular weight excluding hydrogens is 881 g/mol. The van der Waals surface area contributed by atoms with Crippen LogP contribution >= 0.6 is 22.7 Å². The summed E-state index contributed by atoms with van der Waals surface area (Å²) >= 11 is 3.88. The second-order valence-corrected chi connectivity index (χ2v) is 20.6. The highest BCUT2D eigenvalue weighted by Crippen LogP contribution is 2.55. The zero-order valence-corrected chi connectivity index (χ0v) is 39.5. The van der Waals surface area contributed by atoms with E-state index in [-0.39, 0.29) is 0 Å². The molecule has 0 aliphatic heterocycles. The molecule has 70 heavy (non-hydrogen) atoms. The second kappa shape index (κ2) is 15.6. The van der Waals surface area contributed by atoms with E-state index in [0.717, 1.165) is 0 Å². The van der Waals surface area contributed by atoms with Gasteiger partial charge in [-0.05, 0) is 117 Å². The Balaban J connectivity index is 1.09. The topological polar surface area (TPSA) is 0 Å². The average Bonchev–Trinajstić information content (AvgIpc) is 4.02. The molecule has 0 aliphatic carbocycles. The zero-order valence-electron chi connectivity index (χ0n) is 37.9. The molecule has 15 rings (SSSR count).